The van der Waals surface area contributed by atoms with Crippen molar-refractivity contribution in [2.75, 3.05) is 26.0 Å². The first-order valence-corrected chi connectivity index (χ1v) is 12.1. The van der Waals surface area contributed by atoms with Crippen LogP contribution >= 0.6 is 11.6 Å². The highest BCUT2D eigenvalue weighted by molar-refractivity contribution is 7.89. The van der Waals surface area contributed by atoms with E-state index in [4.69, 9.17) is 16.3 Å². The fourth-order valence-corrected chi connectivity index (χ4v) is 4.90. The van der Waals surface area contributed by atoms with E-state index in [0.29, 0.717) is 16.5 Å². The molecule has 0 bridgehead atoms. The number of carbonyl (C=O) groups is 2. The van der Waals surface area contributed by atoms with Gasteiger partial charge < -0.3 is 10.1 Å². The molecule has 3 aromatic rings. The second-order valence-corrected chi connectivity index (χ2v) is 10.4. The molecular weight excluding hydrogens is 466 g/mol. The third kappa shape index (κ3) is 4.57. The maximum atomic E-state index is 13.0. The molecule has 2 aromatic carbocycles. The summed E-state index contributed by atoms with van der Waals surface area (Å²) in [5, 5.41) is 3.36. The minimum atomic E-state index is -3.71. The SMILES string of the molecule is CN(C)S(=O)(=O)c1ccc(Cl)c(NC(=O)COC(=O)c2c3c(nc4ccccc24)CCC3)c1. The van der Waals surface area contributed by atoms with Crippen LogP contribution in [0.15, 0.2) is 47.4 Å². The van der Waals surface area contributed by atoms with E-state index in [1.165, 1.54) is 32.3 Å². The number of ether oxygens (including phenoxy) is 1. The lowest BCUT2D eigenvalue weighted by Gasteiger charge is -2.14. The lowest BCUT2D eigenvalue weighted by molar-refractivity contribution is -0.119. The lowest BCUT2D eigenvalue weighted by Crippen LogP contribution is -2.24. The van der Waals surface area contributed by atoms with E-state index in [-0.39, 0.29) is 15.6 Å². The van der Waals surface area contributed by atoms with Gasteiger partial charge in [-0.1, -0.05) is 29.8 Å². The first kappa shape index (κ1) is 23.2. The van der Waals surface area contributed by atoms with Gasteiger partial charge in [-0.25, -0.2) is 17.5 Å². The molecule has 1 aromatic heterocycles. The average Bonchev–Trinajstić information content (AvgIpc) is 3.25. The van der Waals surface area contributed by atoms with Gasteiger partial charge in [0, 0.05) is 25.2 Å². The first-order valence-electron chi connectivity index (χ1n) is 10.3. The number of aromatic nitrogens is 1. The zero-order valence-electron chi connectivity index (χ0n) is 18.1. The second-order valence-electron chi connectivity index (χ2n) is 7.84. The molecule has 0 aliphatic heterocycles. The number of hydrogen-bond donors (Lipinski definition) is 1. The van der Waals surface area contributed by atoms with Crippen molar-refractivity contribution in [1.82, 2.24) is 9.29 Å². The van der Waals surface area contributed by atoms with Crippen molar-refractivity contribution >= 4 is 50.1 Å². The first-order chi connectivity index (χ1) is 15.7. The summed E-state index contributed by atoms with van der Waals surface area (Å²) in [6.45, 7) is -0.550. The molecule has 0 unspecified atom stereocenters. The zero-order chi connectivity index (χ0) is 23.8. The number of halogens is 1. The van der Waals surface area contributed by atoms with Crippen LogP contribution in [-0.2, 0) is 32.4 Å². The minimum Gasteiger partial charge on any atom is -0.452 e. The molecular formula is C23H22ClN3O5S. The molecule has 1 N–H and O–H groups in total. The summed E-state index contributed by atoms with van der Waals surface area (Å²) in [5.41, 5.74) is 3.01. The number of rotatable bonds is 6. The molecule has 0 saturated carbocycles. The predicted molar refractivity (Wildman–Crippen MR) is 125 cm³/mol. The molecule has 0 spiro atoms. The van der Waals surface area contributed by atoms with Crippen molar-refractivity contribution in [3.05, 3.63) is 64.3 Å². The van der Waals surface area contributed by atoms with E-state index < -0.39 is 28.5 Å². The van der Waals surface area contributed by atoms with Gasteiger partial charge in [-0.3, -0.25) is 9.78 Å². The number of fused-ring (bicyclic) bond motifs is 2. The quantitative estimate of drug-likeness (QED) is 0.534. The maximum Gasteiger partial charge on any atom is 0.339 e. The summed E-state index contributed by atoms with van der Waals surface area (Å²) in [6, 6.07) is 11.3. The van der Waals surface area contributed by atoms with Crippen LogP contribution in [0.25, 0.3) is 10.9 Å². The Morgan fingerprint density at radius 3 is 2.67 bits per heavy atom. The molecule has 1 amide bonds. The number of pyridine rings is 1. The third-order valence-corrected chi connectivity index (χ3v) is 7.59. The van der Waals surface area contributed by atoms with E-state index >= 15 is 0 Å². The fraction of sp³-hybridized carbons (Fsp3) is 0.261. The zero-order valence-corrected chi connectivity index (χ0v) is 19.7. The van der Waals surface area contributed by atoms with Gasteiger partial charge in [0.25, 0.3) is 5.91 Å². The minimum absolute atomic E-state index is 0.0250. The van der Waals surface area contributed by atoms with Gasteiger partial charge in [0.1, 0.15) is 0 Å². The van der Waals surface area contributed by atoms with Crippen LogP contribution in [0.3, 0.4) is 0 Å². The highest BCUT2D eigenvalue weighted by atomic mass is 35.5. The van der Waals surface area contributed by atoms with Gasteiger partial charge in [0.15, 0.2) is 6.61 Å². The monoisotopic (exact) mass is 487 g/mol. The van der Waals surface area contributed by atoms with Crippen LogP contribution in [0, 0.1) is 0 Å². The molecule has 0 radical (unpaired) electrons. The average molecular weight is 488 g/mol. The van der Waals surface area contributed by atoms with Crippen molar-refractivity contribution in [1.29, 1.82) is 0 Å². The Hall–Kier alpha value is -3.01. The number of aryl methyl sites for hydroxylation is 1. The summed E-state index contributed by atoms with van der Waals surface area (Å²) in [4.78, 5) is 30.1. The molecule has 33 heavy (non-hydrogen) atoms. The Bertz CT molecular complexity index is 1370. The van der Waals surface area contributed by atoms with Gasteiger partial charge in [0.05, 0.1) is 26.7 Å². The second kappa shape index (κ2) is 9.09. The van der Waals surface area contributed by atoms with Crippen molar-refractivity contribution in [3.8, 4) is 0 Å². The third-order valence-electron chi connectivity index (χ3n) is 5.45. The van der Waals surface area contributed by atoms with Crippen LogP contribution in [0.1, 0.15) is 28.0 Å². The number of esters is 1. The standard InChI is InChI=1S/C23H22ClN3O5S/c1-27(2)33(30,31)14-10-11-17(24)20(12-14)26-21(28)13-32-23(29)22-15-6-3-4-8-18(15)25-19-9-5-7-16(19)22/h3-4,6,8,10-12H,5,7,9,13H2,1-2H3,(H,26,28). The summed E-state index contributed by atoms with van der Waals surface area (Å²) >= 11 is 6.12. The van der Waals surface area contributed by atoms with E-state index in [9.17, 15) is 18.0 Å². The maximum absolute atomic E-state index is 13.0. The Balaban J connectivity index is 1.52. The molecule has 172 valence electrons. The highest BCUT2D eigenvalue weighted by Crippen LogP contribution is 2.30. The predicted octanol–water partition coefficient (Wildman–Crippen LogP) is 3.42. The van der Waals surface area contributed by atoms with Crippen molar-refractivity contribution < 1.29 is 22.7 Å². The molecule has 4 rings (SSSR count). The topological polar surface area (TPSA) is 106 Å². The number of hydrogen-bond acceptors (Lipinski definition) is 6. The van der Waals surface area contributed by atoms with Crippen LogP contribution in [0.2, 0.25) is 5.02 Å². The number of benzene rings is 2. The number of para-hydroxylation sites is 1. The highest BCUT2D eigenvalue weighted by Gasteiger charge is 2.25. The Morgan fingerprint density at radius 1 is 1.15 bits per heavy atom. The lowest BCUT2D eigenvalue weighted by atomic mass is 10.0. The summed E-state index contributed by atoms with van der Waals surface area (Å²) in [5.74, 6) is -1.24. The molecule has 8 nitrogen and oxygen atoms in total. The molecule has 1 aliphatic carbocycles. The van der Waals surface area contributed by atoms with Gasteiger partial charge >= 0.3 is 5.97 Å². The fourth-order valence-electron chi connectivity index (χ4n) is 3.81. The number of nitrogens with zero attached hydrogens (tertiary/aromatic N) is 2. The van der Waals surface area contributed by atoms with Crippen LogP contribution in [0.4, 0.5) is 5.69 Å². The summed E-state index contributed by atoms with van der Waals surface area (Å²) < 4.78 is 31.1. The molecule has 1 aliphatic rings. The van der Waals surface area contributed by atoms with E-state index in [1.807, 2.05) is 24.3 Å². The Morgan fingerprint density at radius 2 is 1.91 bits per heavy atom. The van der Waals surface area contributed by atoms with Gasteiger partial charge in [0.2, 0.25) is 10.0 Å². The van der Waals surface area contributed by atoms with Crippen LogP contribution in [-0.4, -0.2) is 50.3 Å². The van der Waals surface area contributed by atoms with Gasteiger partial charge in [-0.15, -0.1) is 0 Å². The molecule has 1 heterocycles. The normalized spacial score (nSPS) is 13.2. The molecule has 0 atom stereocenters. The van der Waals surface area contributed by atoms with E-state index in [1.54, 1.807) is 0 Å². The Labute approximate surface area is 196 Å². The summed E-state index contributed by atoms with van der Waals surface area (Å²) in [6.07, 6.45) is 2.43. The molecule has 10 heteroatoms. The van der Waals surface area contributed by atoms with Gasteiger partial charge in [-0.2, -0.15) is 0 Å². The number of amides is 1. The molecule has 0 saturated heterocycles. The number of nitrogens with one attached hydrogen (secondary N) is 1. The van der Waals surface area contributed by atoms with Crippen molar-refractivity contribution in [3.63, 3.8) is 0 Å². The number of sulfonamides is 1. The van der Waals surface area contributed by atoms with Crippen molar-refractivity contribution in [2.45, 2.75) is 24.2 Å². The van der Waals surface area contributed by atoms with E-state index in [0.717, 1.165) is 34.8 Å². The largest absolute Gasteiger partial charge is 0.452 e. The van der Waals surface area contributed by atoms with Crippen LogP contribution in [0.5, 0.6) is 0 Å². The smallest absolute Gasteiger partial charge is 0.339 e. The van der Waals surface area contributed by atoms with Crippen molar-refractivity contribution in [2.24, 2.45) is 0 Å². The molecule has 0 fully saturated rings. The summed E-state index contributed by atoms with van der Waals surface area (Å²) in [7, 11) is -0.900. The van der Waals surface area contributed by atoms with E-state index in [2.05, 4.69) is 10.3 Å². The number of carbonyl (C=O) groups excluding carboxylic acids is 2. The van der Waals surface area contributed by atoms with Crippen LogP contribution < -0.4 is 5.32 Å². The Kier molecular flexibility index (Phi) is 6.38. The van der Waals surface area contributed by atoms with Gasteiger partial charge in [-0.05, 0) is 49.1 Å². The number of anilines is 1.